The minimum Gasteiger partial charge on any atom is -0.497 e. The Labute approximate surface area is 194 Å². The summed E-state index contributed by atoms with van der Waals surface area (Å²) in [7, 11) is 7.78. The van der Waals surface area contributed by atoms with Gasteiger partial charge in [-0.3, -0.25) is 9.89 Å². The van der Waals surface area contributed by atoms with Gasteiger partial charge < -0.3 is 24.6 Å². The first-order chi connectivity index (χ1) is 15.9. The van der Waals surface area contributed by atoms with Crippen molar-refractivity contribution in [3.8, 4) is 22.6 Å². The highest BCUT2D eigenvalue weighted by molar-refractivity contribution is 5.97. The van der Waals surface area contributed by atoms with Gasteiger partial charge in [-0.15, -0.1) is 0 Å². The lowest BCUT2D eigenvalue weighted by atomic mass is 9.95. The molecule has 174 valence electrons. The van der Waals surface area contributed by atoms with Crippen LogP contribution >= 0.6 is 0 Å². The maximum atomic E-state index is 13.2. The van der Waals surface area contributed by atoms with Crippen LogP contribution in [0.15, 0.2) is 48.8 Å². The number of hydrogen-bond acceptors (Lipinski definition) is 6. The Morgan fingerprint density at radius 1 is 1.18 bits per heavy atom. The normalized spacial score (nSPS) is 15.0. The van der Waals surface area contributed by atoms with Gasteiger partial charge in [-0.25, -0.2) is 0 Å². The molecular formula is C25H31N5O3. The molecule has 0 aliphatic carbocycles. The number of nitrogens with one attached hydrogen (secondary N) is 2. The highest BCUT2D eigenvalue weighted by Crippen LogP contribution is 2.34. The van der Waals surface area contributed by atoms with Gasteiger partial charge in [0.15, 0.2) is 0 Å². The van der Waals surface area contributed by atoms with Crippen LogP contribution in [0.1, 0.15) is 5.56 Å². The number of hydrogen-bond donors (Lipinski definition) is 2. The monoisotopic (exact) mass is 449 g/mol. The van der Waals surface area contributed by atoms with E-state index in [1.165, 1.54) is 0 Å². The SMILES string of the molecule is COc1ccc2c(c1)C[C@H](C(=O)Nc1ccc(-c3cn[nH]c3)cc1N(C)CCN(C)C)CO2. The quantitative estimate of drug-likeness (QED) is 0.549. The number of anilines is 2. The number of benzene rings is 2. The number of likely N-dealkylation sites (N-methyl/N-ethyl adjacent to an activating group) is 2. The van der Waals surface area contributed by atoms with E-state index in [1.54, 1.807) is 13.3 Å². The van der Waals surface area contributed by atoms with Gasteiger partial charge in [0.05, 0.1) is 30.6 Å². The van der Waals surface area contributed by atoms with Crippen LogP contribution in [0, 0.1) is 5.92 Å². The van der Waals surface area contributed by atoms with E-state index >= 15 is 0 Å². The van der Waals surface area contributed by atoms with Crippen LogP contribution in [0.3, 0.4) is 0 Å². The summed E-state index contributed by atoms with van der Waals surface area (Å²) in [5, 5.41) is 10.1. The maximum Gasteiger partial charge on any atom is 0.231 e. The standard InChI is InChI=1S/C25H31N5O3/c1-29(2)9-10-30(3)23-13-17(20-14-26-27-15-20)5-7-22(23)28-25(31)19-11-18-12-21(32-4)6-8-24(18)33-16-19/h5-8,12-15,19H,9-11,16H2,1-4H3,(H,26,27)(H,28,31)/t19-/m0/s1. The van der Waals surface area contributed by atoms with Crippen LogP contribution in [0.4, 0.5) is 11.4 Å². The Hall–Kier alpha value is -3.52. The Kier molecular flexibility index (Phi) is 6.84. The van der Waals surface area contributed by atoms with Crippen molar-refractivity contribution in [2.24, 2.45) is 5.92 Å². The minimum absolute atomic E-state index is 0.0539. The molecule has 4 rings (SSSR count). The predicted molar refractivity (Wildman–Crippen MR) is 130 cm³/mol. The summed E-state index contributed by atoms with van der Waals surface area (Å²) in [6.07, 6.45) is 4.27. The van der Waals surface area contributed by atoms with Crippen LogP contribution in [-0.2, 0) is 11.2 Å². The Morgan fingerprint density at radius 2 is 2.03 bits per heavy atom. The van der Waals surface area contributed by atoms with E-state index in [4.69, 9.17) is 9.47 Å². The van der Waals surface area contributed by atoms with Gasteiger partial charge in [0.25, 0.3) is 0 Å². The molecule has 2 N–H and O–H groups in total. The number of nitrogens with zero attached hydrogens (tertiary/aromatic N) is 3. The number of ether oxygens (including phenoxy) is 2. The van der Waals surface area contributed by atoms with Gasteiger partial charge in [0.1, 0.15) is 18.1 Å². The number of methoxy groups -OCH3 is 1. The zero-order chi connectivity index (χ0) is 23.4. The van der Waals surface area contributed by atoms with E-state index in [0.29, 0.717) is 13.0 Å². The van der Waals surface area contributed by atoms with Crippen molar-refractivity contribution in [2.45, 2.75) is 6.42 Å². The molecule has 0 saturated carbocycles. The van der Waals surface area contributed by atoms with Crippen molar-refractivity contribution in [3.05, 3.63) is 54.4 Å². The number of carbonyl (C=O) groups is 1. The molecule has 0 bridgehead atoms. The van der Waals surface area contributed by atoms with Crippen LogP contribution in [-0.4, -0.2) is 69.0 Å². The van der Waals surface area contributed by atoms with Crippen LogP contribution in [0.25, 0.3) is 11.1 Å². The zero-order valence-corrected chi connectivity index (χ0v) is 19.6. The fourth-order valence-electron chi connectivity index (χ4n) is 3.91. The smallest absolute Gasteiger partial charge is 0.231 e. The lowest BCUT2D eigenvalue weighted by Gasteiger charge is -2.27. The van der Waals surface area contributed by atoms with Crippen LogP contribution < -0.4 is 19.7 Å². The molecule has 2 heterocycles. The average molecular weight is 450 g/mol. The van der Waals surface area contributed by atoms with Gasteiger partial charge in [-0.1, -0.05) is 6.07 Å². The lowest BCUT2D eigenvalue weighted by molar-refractivity contribution is -0.121. The molecule has 1 amide bonds. The minimum atomic E-state index is -0.280. The van der Waals surface area contributed by atoms with E-state index in [0.717, 1.165) is 52.7 Å². The summed E-state index contributed by atoms with van der Waals surface area (Å²) in [5.74, 6) is 1.24. The molecule has 33 heavy (non-hydrogen) atoms. The lowest BCUT2D eigenvalue weighted by Crippen LogP contribution is -2.33. The number of carbonyl (C=O) groups excluding carboxylic acids is 1. The second-order valence-corrected chi connectivity index (χ2v) is 8.62. The van der Waals surface area contributed by atoms with E-state index < -0.39 is 0 Å². The van der Waals surface area contributed by atoms with Gasteiger partial charge in [-0.05, 0) is 62.0 Å². The molecule has 2 aromatic carbocycles. The van der Waals surface area contributed by atoms with E-state index in [9.17, 15) is 4.79 Å². The molecule has 8 nitrogen and oxygen atoms in total. The second kappa shape index (κ2) is 9.95. The number of aromatic amines is 1. The van der Waals surface area contributed by atoms with E-state index in [1.807, 2.05) is 57.7 Å². The summed E-state index contributed by atoms with van der Waals surface area (Å²) in [6.45, 7) is 2.07. The van der Waals surface area contributed by atoms with Crippen molar-refractivity contribution in [1.29, 1.82) is 0 Å². The summed E-state index contributed by atoms with van der Waals surface area (Å²) in [4.78, 5) is 17.5. The van der Waals surface area contributed by atoms with Crippen LogP contribution in [0.5, 0.6) is 11.5 Å². The van der Waals surface area contributed by atoms with Crippen molar-refractivity contribution in [2.75, 3.05) is 58.2 Å². The first-order valence-corrected chi connectivity index (χ1v) is 11.0. The summed E-state index contributed by atoms with van der Waals surface area (Å²) < 4.78 is 11.2. The number of aromatic nitrogens is 2. The third-order valence-electron chi connectivity index (χ3n) is 5.93. The van der Waals surface area contributed by atoms with Crippen molar-refractivity contribution in [1.82, 2.24) is 15.1 Å². The first-order valence-electron chi connectivity index (χ1n) is 11.0. The van der Waals surface area contributed by atoms with Gasteiger partial charge >= 0.3 is 0 Å². The van der Waals surface area contributed by atoms with Crippen molar-refractivity contribution < 1.29 is 14.3 Å². The zero-order valence-electron chi connectivity index (χ0n) is 19.6. The summed E-state index contributed by atoms with van der Waals surface area (Å²) in [6, 6.07) is 11.8. The predicted octanol–water partition coefficient (Wildman–Crippen LogP) is 3.27. The number of fused-ring (bicyclic) bond motifs is 1. The molecule has 1 aliphatic heterocycles. The van der Waals surface area contributed by atoms with Crippen molar-refractivity contribution in [3.63, 3.8) is 0 Å². The largest absolute Gasteiger partial charge is 0.497 e. The van der Waals surface area contributed by atoms with Crippen molar-refractivity contribution >= 4 is 17.3 Å². The molecule has 0 unspecified atom stereocenters. The van der Waals surface area contributed by atoms with Gasteiger partial charge in [0, 0.05) is 31.9 Å². The molecule has 0 fully saturated rings. The van der Waals surface area contributed by atoms with Crippen LogP contribution in [0.2, 0.25) is 0 Å². The molecular weight excluding hydrogens is 418 g/mol. The van der Waals surface area contributed by atoms with E-state index in [-0.39, 0.29) is 11.8 Å². The molecule has 1 aromatic heterocycles. The number of rotatable bonds is 8. The summed E-state index contributed by atoms with van der Waals surface area (Å²) >= 11 is 0. The molecule has 1 atom stereocenters. The highest BCUT2D eigenvalue weighted by Gasteiger charge is 2.27. The second-order valence-electron chi connectivity index (χ2n) is 8.62. The third kappa shape index (κ3) is 5.28. The molecule has 0 spiro atoms. The number of H-pyrrole nitrogens is 1. The Balaban J connectivity index is 1.55. The molecule has 0 saturated heterocycles. The molecule has 8 heteroatoms. The topological polar surface area (TPSA) is 82.7 Å². The Bertz CT molecular complexity index is 1100. The molecule has 3 aromatic rings. The Morgan fingerprint density at radius 3 is 2.76 bits per heavy atom. The highest BCUT2D eigenvalue weighted by atomic mass is 16.5. The van der Waals surface area contributed by atoms with E-state index in [2.05, 4.69) is 31.4 Å². The van der Waals surface area contributed by atoms with Gasteiger partial charge in [0.2, 0.25) is 5.91 Å². The number of amides is 1. The fourth-order valence-corrected chi connectivity index (χ4v) is 3.91. The average Bonchev–Trinajstić information content (AvgIpc) is 3.37. The fraction of sp³-hybridized carbons (Fsp3) is 0.360. The first kappa shape index (κ1) is 22.7. The molecule has 0 radical (unpaired) electrons. The third-order valence-corrected chi connectivity index (χ3v) is 5.93. The molecule has 1 aliphatic rings. The van der Waals surface area contributed by atoms with Gasteiger partial charge in [-0.2, -0.15) is 5.10 Å². The summed E-state index contributed by atoms with van der Waals surface area (Å²) in [5.41, 5.74) is 4.77. The maximum absolute atomic E-state index is 13.2.